The lowest BCUT2D eigenvalue weighted by Gasteiger charge is -2.48. The van der Waals surface area contributed by atoms with Crippen molar-refractivity contribution in [2.75, 3.05) is 17.2 Å². The number of piperidine rings is 1. The molecule has 176 valence electrons. The number of amides is 3. The van der Waals surface area contributed by atoms with Crippen molar-refractivity contribution in [3.63, 3.8) is 0 Å². The number of ether oxygens (including phenoxy) is 1. The molecule has 1 saturated heterocycles. The van der Waals surface area contributed by atoms with Crippen molar-refractivity contribution < 1.29 is 19.1 Å². The summed E-state index contributed by atoms with van der Waals surface area (Å²) in [4.78, 5) is 44.0. The molecule has 2 aliphatic rings. The fourth-order valence-corrected chi connectivity index (χ4v) is 4.93. The zero-order valence-electron chi connectivity index (χ0n) is 19.9. The molecule has 3 amide bonds. The van der Waals surface area contributed by atoms with Crippen LogP contribution in [0.3, 0.4) is 0 Å². The Kier molecular flexibility index (Phi) is 7.10. The van der Waals surface area contributed by atoms with Crippen LogP contribution in [0.4, 0.5) is 16.3 Å². The van der Waals surface area contributed by atoms with Crippen LogP contribution in [0.1, 0.15) is 78.2 Å². The largest absolute Gasteiger partial charge is 0.444 e. The highest BCUT2D eigenvalue weighted by molar-refractivity contribution is 6.39. The molecule has 1 aromatic heterocycles. The Bertz CT molecular complexity index is 873. The summed E-state index contributed by atoms with van der Waals surface area (Å²) in [5, 5.41) is 5.29. The average Bonchev–Trinajstić information content (AvgIpc) is 3.24. The first-order valence-electron chi connectivity index (χ1n) is 11.6. The van der Waals surface area contributed by atoms with Crippen LogP contribution in [0.25, 0.3) is 0 Å². The van der Waals surface area contributed by atoms with E-state index in [2.05, 4.69) is 22.5 Å². The van der Waals surface area contributed by atoms with E-state index in [1.165, 1.54) is 19.0 Å². The molecule has 0 bridgehead atoms. The van der Waals surface area contributed by atoms with Gasteiger partial charge >= 0.3 is 17.9 Å². The number of rotatable bonds is 3. The first-order valence-corrected chi connectivity index (χ1v) is 11.6. The summed E-state index contributed by atoms with van der Waals surface area (Å²) >= 11 is 0. The number of hydrogen-bond donors (Lipinski definition) is 2. The van der Waals surface area contributed by atoms with E-state index in [4.69, 9.17) is 4.74 Å². The fourth-order valence-electron chi connectivity index (χ4n) is 4.93. The van der Waals surface area contributed by atoms with E-state index in [1.807, 2.05) is 0 Å². The van der Waals surface area contributed by atoms with Gasteiger partial charge in [0, 0.05) is 12.1 Å². The van der Waals surface area contributed by atoms with E-state index in [-0.39, 0.29) is 5.54 Å². The van der Waals surface area contributed by atoms with Gasteiger partial charge in [-0.3, -0.25) is 14.9 Å². The number of anilines is 2. The maximum absolute atomic E-state index is 13.1. The predicted molar refractivity (Wildman–Crippen MR) is 123 cm³/mol. The molecule has 3 rings (SSSR count). The number of carbonyl (C=O) groups excluding carboxylic acids is 3. The molecule has 32 heavy (non-hydrogen) atoms. The molecule has 2 fully saturated rings. The highest BCUT2D eigenvalue weighted by Gasteiger charge is 2.45. The normalized spacial score (nSPS) is 21.8. The Morgan fingerprint density at radius 3 is 2.44 bits per heavy atom. The summed E-state index contributed by atoms with van der Waals surface area (Å²) in [6.45, 7) is 9.87. The lowest BCUT2D eigenvalue weighted by molar-refractivity contribution is -0.151. The fraction of sp³-hybridized carbons (Fsp3) is 0.667. The third-order valence-electron chi connectivity index (χ3n) is 6.56. The van der Waals surface area contributed by atoms with E-state index in [9.17, 15) is 14.4 Å². The van der Waals surface area contributed by atoms with Crippen molar-refractivity contribution in [1.82, 2.24) is 9.88 Å². The zero-order chi connectivity index (χ0) is 23.5. The highest BCUT2D eigenvalue weighted by Crippen LogP contribution is 2.43. The van der Waals surface area contributed by atoms with Crippen LogP contribution >= 0.6 is 0 Å². The van der Waals surface area contributed by atoms with Gasteiger partial charge in [0.1, 0.15) is 11.4 Å². The van der Waals surface area contributed by atoms with Gasteiger partial charge in [0.25, 0.3) is 0 Å². The van der Waals surface area contributed by atoms with Crippen molar-refractivity contribution >= 4 is 29.4 Å². The third-order valence-corrected chi connectivity index (χ3v) is 6.56. The lowest BCUT2D eigenvalue weighted by atomic mass is 9.76. The van der Waals surface area contributed by atoms with Crippen LogP contribution in [0.2, 0.25) is 0 Å². The van der Waals surface area contributed by atoms with Crippen molar-refractivity contribution in [1.29, 1.82) is 0 Å². The second kappa shape index (κ2) is 9.46. The van der Waals surface area contributed by atoms with E-state index < -0.39 is 23.5 Å². The lowest BCUT2D eigenvalue weighted by Crippen LogP contribution is -2.58. The van der Waals surface area contributed by atoms with Gasteiger partial charge in [-0.05, 0) is 84.3 Å². The third kappa shape index (κ3) is 5.58. The summed E-state index contributed by atoms with van der Waals surface area (Å²) < 4.78 is 5.24. The van der Waals surface area contributed by atoms with Gasteiger partial charge in [0.2, 0.25) is 0 Å². The van der Waals surface area contributed by atoms with E-state index in [0.29, 0.717) is 29.5 Å². The van der Waals surface area contributed by atoms with Crippen molar-refractivity contribution in [3.05, 3.63) is 17.8 Å². The monoisotopic (exact) mass is 444 g/mol. The second-order valence-corrected chi connectivity index (χ2v) is 10.2. The Labute approximate surface area is 190 Å². The molecule has 1 aliphatic heterocycles. The summed E-state index contributed by atoms with van der Waals surface area (Å²) in [6, 6.07) is 1.68. The van der Waals surface area contributed by atoms with E-state index in [0.717, 1.165) is 32.1 Å². The zero-order valence-corrected chi connectivity index (χ0v) is 19.9. The van der Waals surface area contributed by atoms with Gasteiger partial charge in [0.15, 0.2) is 0 Å². The molecule has 0 spiro atoms. The van der Waals surface area contributed by atoms with E-state index >= 15 is 0 Å². The van der Waals surface area contributed by atoms with Crippen LogP contribution in [-0.2, 0) is 14.3 Å². The number of carbonyl (C=O) groups is 3. The maximum Gasteiger partial charge on any atom is 0.413 e. The SMILES string of the molecule is Cc1cc(NC(=O)C(=O)N2CCCC[C@@]2(C)C2CCCC2)cnc1NC(=O)OC(C)(C)C. The summed E-state index contributed by atoms with van der Waals surface area (Å²) in [5.74, 6) is -0.326. The molecule has 1 atom stereocenters. The summed E-state index contributed by atoms with van der Waals surface area (Å²) in [5.41, 5.74) is 0.191. The van der Waals surface area contributed by atoms with Gasteiger partial charge in [-0.2, -0.15) is 0 Å². The number of pyridine rings is 1. The molecule has 0 radical (unpaired) electrons. The molecule has 8 nitrogen and oxygen atoms in total. The first kappa shape index (κ1) is 24.0. The second-order valence-electron chi connectivity index (χ2n) is 10.2. The van der Waals surface area contributed by atoms with Crippen LogP contribution in [0.15, 0.2) is 12.3 Å². The molecule has 1 aromatic rings. The molecule has 8 heteroatoms. The van der Waals surface area contributed by atoms with Crippen LogP contribution in [0.5, 0.6) is 0 Å². The Morgan fingerprint density at radius 1 is 1.12 bits per heavy atom. The molecule has 2 N–H and O–H groups in total. The van der Waals surface area contributed by atoms with Crippen molar-refractivity contribution in [3.8, 4) is 0 Å². The number of aromatic nitrogens is 1. The quantitative estimate of drug-likeness (QED) is 0.662. The molecule has 1 saturated carbocycles. The minimum absolute atomic E-state index is 0.251. The Balaban J connectivity index is 1.66. The predicted octanol–water partition coefficient (Wildman–Crippen LogP) is 4.64. The number of likely N-dealkylation sites (tertiary alicyclic amines) is 1. The van der Waals surface area contributed by atoms with Gasteiger partial charge in [0.05, 0.1) is 11.9 Å². The standard InChI is InChI=1S/C24H36N4O4/c1-16-14-18(15-25-19(16)27-22(31)32-23(2,3)4)26-20(29)21(30)28-13-9-8-12-24(28,5)17-10-6-7-11-17/h14-15,17H,6-13H2,1-5H3,(H,26,29)(H,25,27,31)/t24-/m0/s1. The van der Waals surface area contributed by atoms with E-state index in [1.54, 1.807) is 38.7 Å². The van der Waals surface area contributed by atoms with Crippen molar-refractivity contribution in [2.24, 2.45) is 5.92 Å². The average molecular weight is 445 g/mol. The van der Waals surface area contributed by atoms with Gasteiger partial charge < -0.3 is 15.0 Å². The topological polar surface area (TPSA) is 101 Å². The van der Waals surface area contributed by atoms with Gasteiger partial charge in [-0.15, -0.1) is 0 Å². The van der Waals surface area contributed by atoms with Gasteiger partial charge in [-0.25, -0.2) is 9.78 Å². The minimum Gasteiger partial charge on any atom is -0.444 e. The molecular formula is C24H36N4O4. The van der Waals surface area contributed by atoms with Gasteiger partial charge in [-0.1, -0.05) is 12.8 Å². The minimum atomic E-state index is -0.648. The maximum atomic E-state index is 13.1. The number of nitrogens with one attached hydrogen (secondary N) is 2. The van der Waals surface area contributed by atoms with Crippen molar-refractivity contribution in [2.45, 2.75) is 90.7 Å². The molecule has 0 unspecified atom stereocenters. The number of nitrogens with zero attached hydrogens (tertiary/aromatic N) is 2. The summed E-state index contributed by atoms with van der Waals surface area (Å²) in [7, 11) is 0. The number of hydrogen-bond acceptors (Lipinski definition) is 5. The molecular weight excluding hydrogens is 408 g/mol. The van der Waals surface area contributed by atoms with Crippen LogP contribution < -0.4 is 10.6 Å². The molecule has 2 heterocycles. The van der Waals surface area contributed by atoms with Crippen LogP contribution in [-0.4, -0.2) is 45.5 Å². The Morgan fingerprint density at radius 2 is 1.81 bits per heavy atom. The smallest absolute Gasteiger partial charge is 0.413 e. The van der Waals surface area contributed by atoms with Crippen LogP contribution in [0, 0.1) is 12.8 Å². The number of aryl methyl sites for hydroxylation is 1. The first-order chi connectivity index (χ1) is 15.0. The molecule has 0 aromatic carbocycles. The Hall–Kier alpha value is -2.64. The highest BCUT2D eigenvalue weighted by atomic mass is 16.6. The summed E-state index contributed by atoms with van der Waals surface area (Å²) in [6.07, 6.45) is 8.43. The molecule has 1 aliphatic carbocycles.